The third kappa shape index (κ3) is 4.91. The summed E-state index contributed by atoms with van der Waals surface area (Å²) in [5.74, 6) is -1.35. The second-order valence-corrected chi connectivity index (χ2v) is 8.22. The molecule has 0 radical (unpaired) electrons. The van der Waals surface area contributed by atoms with Crippen LogP contribution in [0.5, 0.6) is 0 Å². The molecule has 1 aliphatic heterocycles. The fourth-order valence-electron chi connectivity index (χ4n) is 4.04. The monoisotopic (exact) mass is 474 g/mol. The summed E-state index contributed by atoms with van der Waals surface area (Å²) in [5, 5.41) is 12.5. The number of carbonyl (C=O) groups is 4. The number of hydrazine groups is 1. The summed E-state index contributed by atoms with van der Waals surface area (Å²) in [6.07, 6.45) is 2.15. The van der Waals surface area contributed by atoms with Crippen molar-refractivity contribution >= 4 is 35.0 Å². The van der Waals surface area contributed by atoms with Crippen molar-refractivity contribution in [1.29, 1.82) is 0 Å². The number of hydrogen-bond acceptors (Lipinski definition) is 5. The van der Waals surface area contributed by atoms with Crippen molar-refractivity contribution in [2.24, 2.45) is 0 Å². The van der Waals surface area contributed by atoms with Gasteiger partial charge < -0.3 is 10.6 Å². The second kappa shape index (κ2) is 9.80. The van der Waals surface area contributed by atoms with Crippen LogP contribution in [0.1, 0.15) is 46.7 Å². The Balaban J connectivity index is 1.60. The minimum absolute atomic E-state index is 0.277. The van der Waals surface area contributed by atoms with E-state index in [9.17, 15) is 19.2 Å². The standard InChI is InChI=1S/C25H26N6O4/c1-16-21(15-26-31(16)20-8-5-4-6-9-20)25(35)30-13-7-12-29(30)24(34)19-10-11-22(27-17(2)32)23(14-19)28-18(3)33/h4-6,8-11,14-15H,7,12-13H2,1-3H3,(H,27,32)(H,28,33). The van der Waals surface area contributed by atoms with E-state index >= 15 is 0 Å². The fraction of sp³-hybridized carbons (Fsp3) is 0.240. The first-order chi connectivity index (χ1) is 16.8. The molecule has 35 heavy (non-hydrogen) atoms. The third-order valence-electron chi connectivity index (χ3n) is 5.63. The van der Waals surface area contributed by atoms with E-state index in [0.717, 1.165) is 5.69 Å². The molecule has 4 amide bonds. The minimum Gasteiger partial charge on any atom is -0.325 e. The number of nitrogens with one attached hydrogen (secondary N) is 2. The van der Waals surface area contributed by atoms with Crippen LogP contribution < -0.4 is 10.6 Å². The van der Waals surface area contributed by atoms with Gasteiger partial charge in [-0.2, -0.15) is 5.10 Å². The molecule has 1 fully saturated rings. The Labute approximate surface area is 202 Å². The molecule has 0 saturated carbocycles. The van der Waals surface area contributed by atoms with Crippen LogP contribution >= 0.6 is 0 Å². The van der Waals surface area contributed by atoms with Crippen molar-refractivity contribution in [3.63, 3.8) is 0 Å². The molecule has 0 atom stereocenters. The van der Waals surface area contributed by atoms with E-state index in [2.05, 4.69) is 15.7 Å². The highest BCUT2D eigenvalue weighted by Crippen LogP contribution is 2.26. The van der Waals surface area contributed by atoms with Crippen LogP contribution in [0.25, 0.3) is 5.69 Å². The normalized spacial score (nSPS) is 13.0. The smallest absolute Gasteiger partial charge is 0.275 e. The molecule has 0 unspecified atom stereocenters. The van der Waals surface area contributed by atoms with Gasteiger partial charge in [-0.25, -0.2) is 14.7 Å². The molecule has 0 bridgehead atoms. The number of carbonyl (C=O) groups excluding carboxylic acids is 4. The summed E-state index contributed by atoms with van der Waals surface area (Å²) in [6, 6.07) is 14.1. The Morgan fingerprint density at radius 2 is 1.46 bits per heavy atom. The summed E-state index contributed by atoms with van der Waals surface area (Å²) < 4.78 is 1.69. The van der Waals surface area contributed by atoms with Crippen LogP contribution in [0.4, 0.5) is 11.4 Å². The summed E-state index contributed by atoms with van der Waals surface area (Å²) in [5.41, 5.74) is 2.88. The molecule has 1 aliphatic rings. The van der Waals surface area contributed by atoms with Gasteiger partial charge in [0.25, 0.3) is 11.8 Å². The van der Waals surface area contributed by atoms with E-state index in [-0.39, 0.29) is 29.2 Å². The van der Waals surface area contributed by atoms with Gasteiger partial charge in [0.2, 0.25) is 11.8 Å². The molecule has 0 spiro atoms. The van der Waals surface area contributed by atoms with Crippen LogP contribution in [-0.4, -0.2) is 56.5 Å². The van der Waals surface area contributed by atoms with Crippen molar-refractivity contribution in [2.75, 3.05) is 23.7 Å². The highest BCUT2D eigenvalue weighted by Gasteiger charge is 2.33. The van der Waals surface area contributed by atoms with Gasteiger partial charge in [-0.15, -0.1) is 0 Å². The van der Waals surface area contributed by atoms with Crippen molar-refractivity contribution in [3.05, 3.63) is 71.5 Å². The lowest BCUT2D eigenvalue weighted by molar-refractivity contribution is -0.115. The molecule has 3 aromatic rings. The Morgan fingerprint density at radius 3 is 2.11 bits per heavy atom. The van der Waals surface area contributed by atoms with E-state index in [1.807, 2.05) is 37.3 Å². The van der Waals surface area contributed by atoms with Crippen LogP contribution in [0.3, 0.4) is 0 Å². The molecule has 0 aliphatic carbocycles. The molecule has 4 rings (SSSR count). The van der Waals surface area contributed by atoms with E-state index in [4.69, 9.17) is 0 Å². The van der Waals surface area contributed by atoms with Gasteiger partial charge >= 0.3 is 0 Å². The van der Waals surface area contributed by atoms with Gasteiger partial charge in [-0.1, -0.05) is 18.2 Å². The average molecular weight is 475 g/mol. The lowest BCUT2D eigenvalue weighted by Crippen LogP contribution is -2.45. The van der Waals surface area contributed by atoms with Gasteiger partial charge in [-0.05, 0) is 43.7 Å². The van der Waals surface area contributed by atoms with Gasteiger partial charge in [0.15, 0.2) is 0 Å². The summed E-state index contributed by atoms with van der Waals surface area (Å²) in [4.78, 5) is 50.0. The van der Waals surface area contributed by atoms with Crippen molar-refractivity contribution in [1.82, 2.24) is 19.8 Å². The van der Waals surface area contributed by atoms with E-state index in [0.29, 0.717) is 42.1 Å². The molecule has 2 aromatic carbocycles. The maximum Gasteiger partial charge on any atom is 0.275 e. The SMILES string of the molecule is CC(=O)Nc1ccc(C(=O)N2CCCN2C(=O)c2cnn(-c3ccccc3)c2C)cc1NC(C)=O. The lowest BCUT2D eigenvalue weighted by atomic mass is 10.1. The Kier molecular flexibility index (Phi) is 6.63. The Morgan fingerprint density at radius 1 is 0.829 bits per heavy atom. The predicted octanol–water partition coefficient (Wildman–Crippen LogP) is 3.00. The van der Waals surface area contributed by atoms with Crippen LogP contribution in [0, 0.1) is 6.92 Å². The van der Waals surface area contributed by atoms with Crippen LogP contribution in [0.15, 0.2) is 54.7 Å². The zero-order valence-electron chi connectivity index (χ0n) is 19.7. The van der Waals surface area contributed by atoms with E-state index in [1.54, 1.807) is 16.8 Å². The number of anilines is 2. The van der Waals surface area contributed by atoms with E-state index < -0.39 is 0 Å². The molecule has 2 heterocycles. The molecule has 2 N–H and O–H groups in total. The number of para-hydroxylation sites is 1. The summed E-state index contributed by atoms with van der Waals surface area (Å²) in [7, 11) is 0. The summed E-state index contributed by atoms with van der Waals surface area (Å²) in [6.45, 7) is 5.27. The van der Waals surface area contributed by atoms with Crippen molar-refractivity contribution in [3.8, 4) is 5.69 Å². The zero-order chi connectivity index (χ0) is 25.1. The lowest BCUT2D eigenvalue weighted by Gasteiger charge is -2.28. The maximum atomic E-state index is 13.4. The molecule has 10 heteroatoms. The molecule has 1 aromatic heterocycles. The molecular weight excluding hydrogens is 448 g/mol. The molecular formula is C25H26N6O4. The molecule has 1 saturated heterocycles. The number of amides is 4. The van der Waals surface area contributed by atoms with Gasteiger partial charge in [-0.3, -0.25) is 19.2 Å². The first-order valence-electron chi connectivity index (χ1n) is 11.2. The Bertz CT molecular complexity index is 1300. The fourth-order valence-corrected chi connectivity index (χ4v) is 4.04. The quantitative estimate of drug-likeness (QED) is 0.590. The van der Waals surface area contributed by atoms with Gasteiger partial charge in [0.1, 0.15) is 0 Å². The number of rotatable bonds is 5. The zero-order valence-corrected chi connectivity index (χ0v) is 19.7. The number of hydrogen-bond donors (Lipinski definition) is 2. The minimum atomic E-state index is -0.384. The van der Waals surface area contributed by atoms with Crippen LogP contribution in [-0.2, 0) is 9.59 Å². The topological polar surface area (TPSA) is 117 Å². The maximum absolute atomic E-state index is 13.4. The first kappa shape index (κ1) is 23.7. The van der Waals surface area contributed by atoms with Crippen molar-refractivity contribution in [2.45, 2.75) is 27.2 Å². The van der Waals surface area contributed by atoms with Crippen LogP contribution in [0.2, 0.25) is 0 Å². The molecule has 10 nitrogen and oxygen atoms in total. The molecule has 180 valence electrons. The predicted molar refractivity (Wildman–Crippen MR) is 130 cm³/mol. The Hall–Kier alpha value is -4.47. The highest BCUT2D eigenvalue weighted by atomic mass is 16.2. The first-order valence-corrected chi connectivity index (χ1v) is 11.2. The summed E-state index contributed by atoms with van der Waals surface area (Å²) >= 11 is 0. The van der Waals surface area contributed by atoms with Gasteiger partial charge in [0, 0.05) is 32.5 Å². The average Bonchev–Trinajstić information content (AvgIpc) is 3.46. The number of aromatic nitrogens is 2. The second-order valence-electron chi connectivity index (χ2n) is 8.22. The third-order valence-corrected chi connectivity index (χ3v) is 5.63. The number of nitrogens with zero attached hydrogens (tertiary/aromatic N) is 4. The van der Waals surface area contributed by atoms with Gasteiger partial charge in [0.05, 0.1) is 34.5 Å². The van der Waals surface area contributed by atoms with E-state index in [1.165, 1.54) is 36.1 Å². The number of benzene rings is 2. The largest absolute Gasteiger partial charge is 0.325 e. The van der Waals surface area contributed by atoms with Crippen molar-refractivity contribution < 1.29 is 19.2 Å². The highest BCUT2D eigenvalue weighted by molar-refractivity contribution is 6.03.